The monoisotopic (exact) mass is 369 g/mol. The fraction of sp³-hybridized carbons (Fsp3) is 0.381. The van der Waals surface area contributed by atoms with Crippen LogP contribution in [0.1, 0.15) is 6.92 Å². The molecule has 27 heavy (non-hydrogen) atoms. The summed E-state index contributed by atoms with van der Waals surface area (Å²) in [5.41, 5.74) is 1.98. The van der Waals surface area contributed by atoms with Gasteiger partial charge in [-0.3, -0.25) is 9.69 Å². The number of carbonyl (C=O) groups excluding carboxylic acids is 1. The number of β-amino-alcohol motifs (C(OH)–C–C–N with tert-alkyl or cyclic N) is 1. The van der Waals surface area contributed by atoms with Crippen LogP contribution in [-0.2, 0) is 4.79 Å². The van der Waals surface area contributed by atoms with E-state index in [9.17, 15) is 9.90 Å². The van der Waals surface area contributed by atoms with Gasteiger partial charge in [-0.25, -0.2) is 0 Å². The van der Waals surface area contributed by atoms with Crippen LogP contribution in [0.25, 0.3) is 0 Å². The largest absolute Gasteiger partial charge is 0.491 e. The Bertz CT molecular complexity index is 713. The molecule has 1 aliphatic rings. The number of anilines is 2. The molecule has 3 rings (SSSR count). The summed E-state index contributed by atoms with van der Waals surface area (Å²) < 4.78 is 5.66. The Morgan fingerprint density at radius 3 is 2.37 bits per heavy atom. The molecule has 2 aromatic carbocycles. The summed E-state index contributed by atoms with van der Waals surface area (Å²) >= 11 is 0. The number of amides is 1. The van der Waals surface area contributed by atoms with E-state index >= 15 is 0 Å². The summed E-state index contributed by atoms with van der Waals surface area (Å²) in [4.78, 5) is 15.7. The molecule has 6 nitrogen and oxygen atoms in total. The third-order valence-electron chi connectivity index (χ3n) is 4.58. The van der Waals surface area contributed by atoms with E-state index in [1.165, 1.54) is 12.6 Å². The first-order valence-electron chi connectivity index (χ1n) is 9.31. The summed E-state index contributed by atoms with van der Waals surface area (Å²) in [5, 5.41) is 13.0. The van der Waals surface area contributed by atoms with E-state index in [-0.39, 0.29) is 12.5 Å². The Hall–Kier alpha value is -2.57. The number of hydrogen-bond donors (Lipinski definition) is 2. The second-order valence-corrected chi connectivity index (χ2v) is 6.79. The van der Waals surface area contributed by atoms with Gasteiger partial charge in [-0.2, -0.15) is 0 Å². The topological polar surface area (TPSA) is 65.0 Å². The molecule has 0 aromatic heterocycles. The van der Waals surface area contributed by atoms with E-state index in [1.54, 1.807) is 24.3 Å². The lowest BCUT2D eigenvalue weighted by Gasteiger charge is -2.36. The summed E-state index contributed by atoms with van der Waals surface area (Å²) in [6, 6.07) is 17.6. The molecular weight excluding hydrogens is 342 g/mol. The van der Waals surface area contributed by atoms with Gasteiger partial charge in [-0.15, -0.1) is 0 Å². The molecule has 144 valence electrons. The number of ether oxygens (including phenoxy) is 1. The lowest BCUT2D eigenvalue weighted by atomic mass is 10.2. The van der Waals surface area contributed by atoms with Crippen molar-refractivity contribution < 1.29 is 14.6 Å². The van der Waals surface area contributed by atoms with Crippen molar-refractivity contribution in [3.05, 3.63) is 54.6 Å². The molecule has 0 radical (unpaired) electrons. The van der Waals surface area contributed by atoms with Crippen molar-refractivity contribution in [2.75, 3.05) is 49.5 Å². The average molecular weight is 369 g/mol. The molecule has 6 heteroatoms. The van der Waals surface area contributed by atoms with Crippen LogP contribution in [0, 0.1) is 0 Å². The summed E-state index contributed by atoms with van der Waals surface area (Å²) in [5.74, 6) is 0.573. The first-order chi connectivity index (χ1) is 13.1. The molecule has 1 aliphatic heterocycles. The smallest absolute Gasteiger partial charge is 0.221 e. The quantitative estimate of drug-likeness (QED) is 0.783. The molecule has 2 aromatic rings. The zero-order valence-corrected chi connectivity index (χ0v) is 15.7. The van der Waals surface area contributed by atoms with E-state index < -0.39 is 6.10 Å². The molecule has 1 unspecified atom stereocenters. The maximum Gasteiger partial charge on any atom is 0.221 e. The summed E-state index contributed by atoms with van der Waals surface area (Å²) in [7, 11) is 0. The molecule has 0 aliphatic carbocycles. The average Bonchev–Trinajstić information content (AvgIpc) is 2.68. The van der Waals surface area contributed by atoms with Crippen molar-refractivity contribution in [1.29, 1.82) is 0 Å². The van der Waals surface area contributed by atoms with Crippen LogP contribution < -0.4 is 15.0 Å². The Morgan fingerprint density at radius 2 is 1.74 bits per heavy atom. The maximum absolute atomic E-state index is 11.0. The standard InChI is InChI=1S/C21H27N3O3/c1-17(25)22-18-7-9-21(10-8-18)27-16-20(26)15-23-11-13-24(14-12-23)19-5-3-2-4-6-19/h2-10,20,26H,11-16H2,1H3,(H,22,25). The minimum absolute atomic E-state index is 0.105. The molecule has 1 atom stereocenters. The summed E-state index contributed by atoms with van der Waals surface area (Å²) in [6.07, 6.45) is -0.539. The highest BCUT2D eigenvalue weighted by Crippen LogP contribution is 2.17. The van der Waals surface area contributed by atoms with Gasteiger partial charge in [0.05, 0.1) is 0 Å². The number of para-hydroxylation sites is 1. The van der Waals surface area contributed by atoms with Gasteiger partial charge in [0.25, 0.3) is 0 Å². The van der Waals surface area contributed by atoms with Gasteiger partial charge in [0.1, 0.15) is 18.5 Å². The number of benzene rings is 2. The molecule has 1 heterocycles. The first-order valence-corrected chi connectivity index (χ1v) is 9.31. The predicted molar refractivity (Wildman–Crippen MR) is 107 cm³/mol. The van der Waals surface area contributed by atoms with Gasteiger partial charge in [-0.05, 0) is 36.4 Å². The van der Waals surface area contributed by atoms with E-state index in [0.717, 1.165) is 31.9 Å². The Kier molecular flexibility index (Phi) is 6.68. The Balaban J connectivity index is 1.38. The third-order valence-corrected chi connectivity index (χ3v) is 4.58. The minimum Gasteiger partial charge on any atom is -0.491 e. The lowest BCUT2D eigenvalue weighted by molar-refractivity contribution is -0.114. The second kappa shape index (κ2) is 9.39. The van der Waals surface area contributed by atoms with Crippen LogP contribution in [0.2, 0.25) is 0 Å². The highest BCUT2D eigenvalue weighted by Gasteiger charge is 2.19. The maximum atomic E-state index is 11.0. The van der Waals surface area contributed by atoms with Crippen LogP contribution >= 0.6 is 0 Å². The van der Waals surface area contributed by atoms with Crippen molar-refractivity contribution in [2.24, 2.45) is 0 Å². The number of hydrogen-bond acceptors (Lipinski definition) is 5. The highest BCUT2D eigenvalue weighted by atomic mass is 16.5. The fourth-order valence-corrected chi connectivity index (χ4v) is 3.21. The summed E-state index contributed by atoms with van der Waals surface area (Å²) in [6.45, 7) is 6.10. The van der Waals surface area contributed by atoms with Gasteiger partial charge < -0.3 is 20.1 Å². The van der Waals surface area contributed by atoms with Gasteiger partial charge in [-0.1, -0.05) is 18.2 Å². The molecule has 0 saturated carbocycles. The number of carbonyl (C=O) groups is 1. The molecule has 1 amide bonds. The molecule has 0 spiro atoms. The van der Waals surface area contributed by atoms with Crippen LogP contribution in [-0.4, -0.2) is 61.3 Å². The van der Waals surface area contributed by atoms with Crippen molar-refractivity contribution in [3.63, 3.8) is 0 Å². The number of nitrogens with one attached hydrogen (secondary N) is 1. The fourth-order valence-electron chi connectivity index (χ4n) is 3.21. The molecular formula is C21H27N3O3. The van der Waals surface area contributed by atoms with Crippen molar-refractivity contribution >= 4 is 17.3 Å². The number of aliphatic hydroxyl groups is 1. The van der Waals surface area contributed by atoms with E-state index in [4.69, 9.17) is 4.74 Å². The molecule has 1 saturated heterocycles. The SMILES string of the molecule is CC(=O)Nc1ccc(OCC(O)CN2CCN(c3ccccc3)CC2)cc1. The zero-order valence-electron chi connectivity index (χ0n) is 15.7. The van der Waals surface area contributed by atoms with Gasteiger partial charge in [0.15, 0.2) is 0 Å². The molecule has 2 N–H and O–H groups in total. The molecule has 1 fully saturated rings. The zero-order chi connectivity index (χ0) is 19.1. The second-order valence-electron chi connectivity index (χ2n) is 6.79. The number of nitrogens with zero attached hydrogens (tertiary/aromatic N) is 2. The van der Waals surface area contributed by atoms with Crippen LogP contribution in [0.15, 0.2) is 54.6 Å². The highest BCUT2D eigenvalue weighted by molar-refractivity contribution is 5.88. The molecule has 0 bridgehead atoms. The van der Waals surface area contributed by atoms with E-state index in [0.29, 0.717) is 12.3 Å². The normalized spacial score (nSPS) is 16.0. The van der Waals surface area contributed by atoms with Crippen LogP contribution in [0.4, 0.5) is 11.4 Å². The number of aliphatic hydroxyl groups excluding tert-OH is 1. The van der Waals surface area contributed by atoms with Crippen molar-refractivity contribution in [3.8, 4) is 5.75 Å². The van der Waals surface area contributed by atoms with Gasteiger partial charge >= 0.3 is 0 Å². The van der Waals surface area contributed by atoms with Gasteiger partial charge in [0.2, 0.25) is 5.91 Å². The predicted octanol–water partition coefficient (Wildman–Crippen LogP) is 2.21. The van der Waals surface area contributed by atoms with Crippen molar-refractivity contribution in [2.45, 2.75) is 13.0 Å². The Morgan fingerprint density at radius 1 is 1.07 bits per heavy atom. The van der Waals surface area contributed by atoms with Crippen LogP contribution in [0.3, 0.4) is 0 Å². The van der Waals surface area contributed by atoms with E-state index in [2.05, 4.69) is 39.4 Å². The minimum atomic E-state index is -0.539. The lowest BCUT2D eigenvalue weighted by Crippen LogP contribution is -2.49. The number of rotatable bonds is 7. The van der Waals surface area contributed by atoms with Crippen LogP contribution in [0.5, 0.6) is 5.75 Å². The number of piperazine rings is 1. The Labute approximate surface area is 160 Å². The van der Waals surface area contributed by atoms with Gasteiger partial charge in [0, 0.05) is 51.0 Å². The third kappa shape index (κ3) is 5.98. The van der Waals surface area contributed by atoms with E-state index in [1.807, 2.05) is 6.07 Å². The van der Waals surface area contributed by atoms with Crippen molar-refractivity contribution in [1.82, 2.24) is 4.90 Å². The first kappa shape index (κ1) is 19.2.